The van der Waals surface area contributed by atoms with Crippen molar-refractivity contribution in [2.45, 2.75) is 52.4 Å². The Morgan fingerprint density at radius 3 is 2.35 bits per heavy atom. The van der Waals surface area contributed by atoms with Crippen molar-refractivity contribution in [2.24, 2.45) is 11.8 Å². The van der Waals surface area contributed by atoms with E-state index in [2.05, 4.69) is 20.1 Å². The zero-order chi connectivity index (χ0) is 12.8. The lowest BCUT2D eigenvalue weighted by molar-refractivity contribution is 0.278. The van der Waals surface area contributed by atoms with Gasteiger partial charge in [0.25, 0.3) is 0 Å². The summed E-state index contributed by atoms with van der Waals surface area (Å²) in [5.41, 5.74) is 1.38. The summed E-state index contributed by atoms with van der Waals surface area (Å²) in [7, 11) is 0. The summed E-state index contributed by atoms with van der Waals surface area (Å²) >= 11 is 0. The maximum Gasteiger partial charge on any atom is 0.125 e. The minimum Gasteiger partial charge on any atom is -0.207 e. The maximum absolute atomic E-state index is 13.3. The van der Waals surface area contributed by atoms with Gasteiger partial charge < -0.3 is 0 Å². The van der Waals surface area contributed by atoms with Gasteiger partial charge in [0.05, 0.1) is 0 Å². The molecule has 1 aliphatic carbocycles. The molecule has 96 valence electrons. The third kappa shape index (κ3) is 5.34. The van der Waals surface area contributed by atoms with E-state index in [0.29, 0.717) is 5.57 Å². The molecule has 0 N–H and O–H groups in total. The number of hydrogen-bond acceptors (Lipinski definition) is 0. The third-order valence-corrected chi connectivity index (χ3v) is 3.75. The van der Waals surface area contributed by atoms with E-state index in [-0.39, 0.29) is 5.83 Å². The van der Waals surface area contributed by atoms with Crippen molar-refractivity contribution in [1.82, 2.24) is 0 Å². The van der Waals surface area contributed by atoms with Crippen LogP contribution in [0.2, 0.25) is 0 Å². The van der Waals surface area contributed by atoms with E-state index in [0.717, 1.165) is 30.3 Å². The number of rotatable bonds is 5. The highest BCUT2D eigenvalue weighted by Crippen LogP contribution is 2.32. The van der Waals surface area contributed by atoms with Crippen LogP contribution in [0.5, 0.6) is 0 Å². The van der Waals surface area contributed by atoms with E-state index in [9.17, 15) is 4.39 Å². The van der Waals surface area contributed by atoms with Crippen LogP contribution < -0.4 is 0 Å². The highest BCUT2D eigenvalue weighted by molar-refractivity contribution is 5.28. The first-order chi connectivity index (χ1) is 7.99. The van der Waals surface area contributed by atoms with Crippen LogP contribution in [0.15, 0.2) is 36.2 Å². The Hall–Kier alpha value is -0.850. The van der Waals surface area contributed by atoms with E-state index in [4.69, 9.17) is 0 Å². The van der Waals surface area contributed by atoms with Crippen LogP contribution in [-0.2, 0) is 0 Å². The zero-order valence-corrected chi connectivity index (χ0v) is 11.3. The predicted molar refractivity (Wildman–Crippen MR) is 73.5 cm³/mol. The van der Waals surface area contributed by atoms with Crippen molar-refractivity contribution in [3.05, 3.63) is 36.2 Å². The molecule has 1 heteroatoms. The van der Waals surface area contributed by atoms with Crippen molar-refractivity contribution in [3.63, 3.8) is 0 Å². The molecular weight excluding hydrogens is 211 g/mol. The molecule has 0 unspecified atom stereocenters. The molecule has 0 aromatic carbocycles. The van der Waals surface area contributed by atoms with Gasteiger partial charge in [-0.2, -0.15) is 0 Å². The molecule has 0 aliphatic heterocycles. The summed E-state index contributed by atoms with van der Waals surface area (Å²) in [6.07, 6.45) is 8.99. The molecule has 0 radical (unpaired) electrons. The average Bonchev–Trinajstić information content (AvgIpc) is 2.28. The van der Waals surface area contributed by atoms with E-state index in [1.54, 1.807) is 6.92 Å². The number of hydrogen-bond donors (Lipinski definition) is 0. The first-order valence-electron chi connectivity index (χ1n) is 6.70. The summed E-state index contributed by atoms with van der Waals surface area (Å²) in [6, 6.07) is 0. The SMILES string of the molecule is C=C(/C=C(/F)C(=C)C)CCC1CCC(C)CC1. The second kappa shape index (κ2) is 6.78. The average molecular weight is 236 g/mol. The Kier molecular flexibility index (Phi) is 5.67. The lowest BCUT2D eigenvalue weighted by atomic mass is 9.80. The Balaban J connectivity index is 2.29. The molecule has 0 heterocycles. The molecule has 0 spiro atoms. The molecule has 1 saturated carbocycles. The molecule has 0 amide bonds. The Morgan fingerprint density at radius 1 is 1.24 bits per heavy atom. The minimum atomic E-state index is -0.229. The molecular formula is C16H25F. The van der Waals surface area contributed by atoms with Crippen molar-refractivity contribution in [2.75, 3.05) is 0 Å². The normalized spacial score (nSPS) is 25.7. The smallest absolute Gasteiger partial charge is 0.125 e. The van der Waals surface area contributed by atoms with Gasteiger partial charge >= 0.3 is 0 Å². The summed E-state index contributed by atoms with van der Waals surface area (Å²) in [6.45, 7) is 11.5. The molecule has 0 atom stereocenters. The van der Waals surface area contributed by atoms with Gasteiger partial charge in [0, 0.05) is 0 Å². The molecule has 0 nitrogen and oxygen atoms in total. The van der Waals surface area contributed by atoms with Crippen LogP contribution >= 0.6 is 0 Å². The monoisotopic (exact) mass is 236 g/mol. The van der Waals surface area contributed by atoms with Crippen molar-refractivity contribution in [1.29, 1.82) is 0 Å². The van der Waals surface area contributed by atoms with E-state index < -0.39 is 0 Å². The molecule has 0 aromatic rings. The van der Waals surface area contributed by atoms with Crippen molar-refractivity contribution >= 4 is 0 Å². The van der Waals surface area contributed by atoms with Crippen LogP contribution in [-0.4, -0.2) is 0 Å². The minimum absolute atomic E-state index is 0.229. The van der Waals surface area contributed by atoms with Crippen LogP contribution in [0.25, 0.3) is 0 Å². The molecule has 1 rings (SSSR count). The van der Waals surface area contributed by atoms with Crippen molar-refractivity contribution in [3.8, 4) is 0 Å². The van der Waals surface area contributed by atoms with Crippen LogP contribution in [0.4, 0.5) is 4.39 Å². The summed E-state index contributed by atoms with van der Waals surface area (Å²) in [5, 5.41) is 0. The van der Waals surface area contributed by atoms with Gasteiger partial charge in [-0.3, -0.25) is 0 Å². The highest BCUT2D eigenvalue weighted by Gasteiger charge is 2.17. The topological polar surface area (TPSA) is 0 Å². The fourth-order valence-corrected chi connectivity index (χ4v) is 2.38. The Bertz CT molecular complexity index is 303. The Labute approximate surface area is 105 Å². The lowest BCUT2D eigenvalue weighted by Gasteiger charge is -2.26. The molecule has 1 fully saturated rings. The third-order valence-electron chi connectivity index (χ3n) is 3.75. The molecule has 17 heavy (non-hydrogen) atoms. The van der Waals surface area contributed by atoms with Gasteiger partial charge in [-0.05, 0) is 43.3 Å². The first kappa shape index (κ1) is 14.2. The fraction of sp³-hybridized carbons (Fsp3) is 0.625. The molecule has 0 saturated heterocycles. The van der Waals surface area contributed by atoms with Crippen LogP contribution in [0.1, 0.15) is 52.4 Å². The molecule has 0 aromatic heterocycles. The van der Waals surface area contributed by atoms with E-state index >= 15 is 0 Å². The molecule has 0 bridgehead atoms. The predicted octanol–water partition coefficient (Wildman–Crippen LogP) is 5.58. The lowest BCUT2D eigenvalue weighted by Crippen LogP contribution is -2.12. The highest BCUT2D eigenvalue weighted by atomic mass is 19.1. The largest absolute Gasteiger partial charge is 0.207 e. The van der Waals surface area contributed by atoms with E-state index in [1.807, 2.05) is 0 Å². The van der Waals surface area contributed by atoms with Gasteiger partial charge in [-0.15, -0.1) is 0 Å². The standard InChI is InChI=1S/C16H25F/c1-12(2)16(17)11-14(4)7-10-15-8-5-13(3)6-9-15/h11,13,15H,1,4-10H2,2-3H3/b16-11+. The number of halogens is 1. The maximum atomic E-state index is 13.3. The zero-order valence-electron chi connectivity index (χ0n) is 11.3. The summed E-state index contributed by atoms with van der Waals surface area (Å²) < 4.78 is 13.3. The van der Waals surface area contributed by atoms with Gasteiger partial charge in [-0.1, -0.05) is 51.3 Å². The molecule has 1 aliphatic rings. The van der Waals surface area contributed by atoms with Gasteiger partial charge in [-0.25, -0.2) is 4.39 Å². The van der Waals surface area contributed by atoms with Crippen LogP contribution in [0.3, 0.4) is 0 Å². The fourth-order valence-electron chi connectivity index (χ4n) is 2.38. The first-order valence-corrected chi connectivity index (χ1v) is 6.70. The van der Waals surface area contributed by atoms with Crippen molar-refractivity contribution < 1.29 is 4.39 Å². The van der Waals surface area contributed by atoms with Gasteiger partial charge in [0.1, 0.15) is 5.83 Å². The Morgan fingerprint density at radius 2 is 1.82 bits per heavy atom. The second-order valence-corrected chi connectivity index (χ2v) is 5.60. The van der Waals surface area contributed by atoms with Gasteiger partial charge in [0.2, 0.25) is 0 Å². The quantitative estimate of drug-likeness (QED) is 0.547. The number of allylic oxidation sites excluding steroid dienone is 4. The summed E-state index contributed by atoms with van der Waals surface area (Å²) in [4.78, 5) is 0. The van der Waals surface area contributed by atoms with Crippen LogP contribution in [0, 0.1) is 11.8 Å². The second-order valence-electron chi connectivity index (χ2n) is 5.60. The van der Waals surface area contributed by atoms with Gasteiger partial charge in [0.15, 0.2) is 0 Å². The van der Waals surface area contributed by atoms with E-state index in [1.165, 1.54) is 31.8 Å². The summed E-state index contributed by atoms with van der Waals surface area (Å²) in [5.74, 6) is 1.49.